The molecule has 0 fully saturated rings. The van der Waals surface area contributed by atoms with E-state index in [1.54, 1.807) is 6.07 Å². The van der Waals surface area contributed by atoms with E-state index in [2.05, 4.69) is 0 Å². The lowest BCUT2D eigenvalue weighted by molar-refractivity contribution is -0.0957. The van der Waals surface area contributed by atoms with Crippen molar-refractivity contribution in [2.75, 3.05) is 0 Å². The Bertz CT molecular complexity index is 640. The summed E-state index contributed by atoms with van der Waals surface area (Å²) in [6, 6.07) is 8.29. The normalized spacial score (nSPS) is 12.1. The number of Topliss-reactive ketones (excluding diaryl/α,β-unsaturated/α-hetero) is 1. The predicted octanol–water partition coefficient (Wildman–Crippen LogP) is 4.58. The van der Waals surface area contributed by atoms with Gasteiger partial charge in [0.05, 0.1) is 0 Å². The van der Waals surface area contributed by atoms with Crippen LogP contribution in [0.1, 0.15) is 10.4 Å². The van der Waals surface area contributed by atoms with Gasteiger partial charge in [-0.2, -0.15) is 8.78 Å². The summed E-state index contributed by atoms with van der Waals surface area (Å²) in [6.45, 7) is 0. The van der Waals surface area contributed by atoms with Crippen LogP contribution in [0.4, 0.5) is 17.6 Å². The standard InChI is InChI=1S/C13H7ClF4O/c14-10-6-5-9(7-3-1-2-4-8(7)10)11(19)13(17,18)12(15)16/h1-6,12H. The molecule has 0 amide bonds. The van der Waals surface area contributed by atoms with Gasteiger partial charge in [-0.15, -0.1) is 0 Å². The first-order valence-corrected chi connectivity index (χ1v) is 5.61. The molecule has 0 saturated heterocycles. The van der Waals surface area contributed by atoms with E-state index in [9.17, 15) is 22.4 Å². The average Bonchev–Trinajstić information content (AvgIpc) is 2.38. The molecule has 0 aliphatic rings. The minimum absolute atomic E-state index is 0.125. The van der Waals surface area contributed by atoms with Crippen molar-refractivity contribution >= 4 is 28.2 Å². The van der Waals surface area contributed by atoms with Gasteiger partial charge in [-0.05, 0) is 17.5 Å². The second-order valence-corrected chi connectivity index (χ2v) is 4.30. The number of hydrogen-bond donors (Lipinski definition) is 0. The number of carbonyl (C=O) groups excluding carboxylic acids is 1. The Balaban J connectivity index is 2.65. The number of alkyl halides is 4. The molecule has 0 aromatic heterocycles. The monoisotopic (exact) mass is 290 g/mol. The minimum Gasteiger partial charge on any atom is -0.287 e. The molecule has 19 heavy (non-hydrogen) atoms. The second-order valence-electron chi connectivity index (χ2n) is 3.89. The van der Waals surface area contributed by atoms with Crippen molar-refractivity contribution in [1.82, 2.24) is 0 Å². The van der Waals surface area contributed by atoms with Crippen molar-refractivity contribution in [3.63, 3.8) is 0 Å². The molecule has 0 aliphatic heterocycles. The zero-order valence-electron chi connectivity index (χ0n) is 9.34. The van der Waals surface area contributed by atoms with Gasteiger partial charge in [-0.25, -0.2) is 8.78 Å². The summed E-state index contributed by atoms with van der Waals surface area (Å²) in [5, 5.41) is 0.743. The van der Waals surface area contributed by atoms with Gasteiger partial charge in [0.1, 0.15) is 0 Å². The van der Waals surface area contributed by atoms with Crippen molar-refractivity contribution in [2.45, 2.75) is 12.3 Å². The Morgan fingerprint density at radius 1 is 1.05 bits per heavy atom. The van der Waals surface area contributed by atoms with Crippen LogP contribution >= 0.6 is 11.6 Å². The third-order valence-electron chi connectivity index (χ3n) is 2.69. The van der Waals surface area contributed by atoms with Crippen molar-refractivity contribution in [3.05, 3.63) is 47.0 Å². The SMILES string of the molecule is O=C(c1ccc(Cl)c2ccccc12)C(F)(F)C(F)F. The van der Waals surface area contributed by atoms with E-state index in [1.807, 2.05) is 0 Å². The van der Waals surface area contributed by atoms with E-state index in [1.165, 1.54) is 24.3 Å². The average molecular weight is 291 g/mol. The van der Waals surface area contributed by atoms with Crippen LogP contribution < -0.4 is 0 Å². The van der Waals surface area contributed by atoms with Crippen LogP contribution in [0, 0.1) is 0 Å². The van der Waals surface area contributed by atoms with E-state index >= 15 is 0 Å². The molecule has 100 valence electrons. The first-order chi connectivity index (χ1) is 8.85. The van der Waals surface area contributed by atoms with E-state index in [0.29, 0.717) is 5.39 Å². The van der Waals surface area contributed by atoms with Gasteiger partial charge in [-0.3, -0.25) is 4.79 Å². The van der Waals surface area contributed by atoms with Crippen LogP contribution in [-0.2, 0) is 0 Å². The largest absolute Gasteiger partial charge is 0.368 e. The van der Waals surface area contributed by atoms with E-state index in [-0.39, 0.29) is 10.4 Å². The molecule has 0 aliphatic carbocycles. The lowest BCUT2D eigenvalue weighted by Gasteiger charge is -2.15. The van der Waals surface area contributed by atoms with Gasteiger partial charge >= 0.3 is 12.3 Å². The highest BCUT2D eigenvalue weighted by molar-refractivity contribution is 6.36. The van der Waals surface area contributed by atoms with Crippen molar-refractivity contribution in [1.29, 1.82) is 0 Å². The molecule has 0 radical (unpaired) electrons. The first kappa shape index (κ1) is 13.8. The van der Waals surface area contributed by atoms with Crippen molar-refractivity contribution in [2.24, 2.45) is 0 Å². The smallest absolute Gasteiger partial charge is 0.287 e. The van der Waals surface area contributed by atoms with Crippen LogP contribution in [0.25, 0.3) is 10.8 Å². The summed E-state index contributed by atoms with van der Waals surface area (Å²) in [6.07, 6.45) is -4.05. The summed E-state index contributed by atoms with van der Waals surface area (Å²) >= 11 is 5.86. The Kier molecular flexibility index (Phi) is 3.49. The summed E-state index contributed by atoms with van der Waals surface area (Å²) < 4.78 is 50.7. The van der Waals surface area contributed by atoms with Crippen LogP contribution in [0.15, 0.2) is 36.4 Å². The first-order valence-electron chi connectivity index (χ1n) is 5.23. The zero-order valence-corrected chi connectivity index (χ0v) is 10.1. The molecule has 2 aromatic rings. The number of ketones is 1. The molecule has 0 N–H and O–H groups in total. The third-order valence-corrected chi connectivity index (χ3v) is 3.02. The van der Waals surface area contributed by atoms with E-state index in [0.717, 1.165) is 6.07 Å². The number of carbonyl (C=O) groups is 1. The topological polar surface area (TPSA) is 17.1 Å². The Morgan fingerprint density at radius 3 is 2.21 bits per heavy atom. The highest BCUT2D eigenvalue weighted by Crippen LogP contribution is 2.32. The van der Waals surface area contributed by atoms with Gasteiger partial charge in [0, 0.05) is 16.0 Å². The molecular formula is C13H7ClF4O. The van der Waals surface area contributed by atoms with Gasteiger partial charge in [0.15, 0.2) is 0 Å². The van der Waals surface area contributed by atoms with Crippen LogP contribution in [0.3, 0.4) is 0 Å². The molecule has 2 aromatic carbocycles. The van der Waals surface area contributed by atoms with E-state index in [4.69, 9.17) is 11.6 Å². The summed E-state index contributed by atoms with van der Waals surface area (Å²) in [5.74, 6) is -6.62. The van der Waals surface area contributed by atoms with Crippen LogP contribution in [-0.4, -0.2) is 18.1 Å². The Hall–Kier alpha value is -1.62. The number of rotatable bonds is 3. The maximum Gasteiger partial charge on any atom is 0.368 e. The maximum absolute atomic E-state index is 13.1. The molecular weight excluding hydrogens is 284 g/mol. The fraction of sp³-hybridized carbons (Fsp3) is 0.154. The molecule has 0 saturated carbocycles. The second kappa shape index (κ2) is 4.81. The van der Waals surface area contributed by atoms with Crippen LogP contribution in [0.5, 0.6) is 0 Å². The van der Waals surface area contributed by atoms with Gasteiger partial charge in [0.2, 0.25) is 5.78 Å². The molecule has 0 heterocycles. The Morgan fingerprint density at radius 2 is 1.63 bits per heavy atom. The minimum atomic E-state index is -4.71. The highest BCUT2D eigenvalue weighted by atomic mass is 35.5. The van der Waals surface area contributed by atoms with E-state index < -0.39 is 23.7 Å². The highest BCUT2D eigenvalue weighted by Gasteiger charge is 2.49. The number of hydrogen-bond acceptors (Lipinski definition) is 1. The fourth-order valence-corrected chi connectivity index (χ4v) is 1.97. The zero-order chi connectivity index (χ0) is 14.2. The van der Waals surface area contributed by atoms with Gasteiger partial charge < -0.3 is 0 Å². The molecule has 0 bridgehead atoms. The van der Waals surface area contributed by atoms with Gasteiger partial charge in [0.25, 0.3) is 0 Å². The number of halogens is 5. The van der Waals surface area contributed by atoms with Crippen LogP contribution in [0.2, 0.25) is 5.02 Å². The molecule has 0 unspecified atom stereocenters. The lowest BCUT2D eigenvalue weighted by atomic mass is 9.98. The molecule has 1 nitrogen and oxygen atoms in total. The fourth-order valence-electron chi connectivity index (χ4n) is 1.74. The maximum atomic E-state index is 13.1. The number of fused-ring (bicyclic) bond motifs is 1. The summed E-state index contributed by atoms with van der Waals surface area (Å²) in [5.41, 5.74) is -0.467. The number of benzene rings is 2. The molecule has 2 rings (SSSR count). The third kappa shape index (κ3) is 2.30. The Labute approximate surface area is 110 Å². The lowest BCUT2D eigenvalue weighted by Crippen LogP contribution is -2.36. The summed E-state index contributed by atoms with van der Waals surface area (Å²) in [4.78, 5) is 11.6. The van der Waals surface area contributed by atoms with Gasteiger partial charge in [-0.1, -0.05) is 35.9 Å². The summed E-state index contributed by atoms with van der Waals surface area (Å²) in [7, 11) is 0. The van der Waals surface area contributed by atoms with Crippen molar-refractivity contribution in [3.8, 4) is 0 Å². The predicted molar refractivity (Wildman–Crippen MR) is 64.2 cm³/mol. The quantitative estimate of drug-likeness (QED) is 0.597. The molecule has 0 spiro atoms. The molecule has 6 heteroatoms. The molecule has 0 atom stereocenters. The van der Waals surface area contributed by atoms with Crippen molar-refractivity contribution < 1.29 is 22.4 Å².